The van der Waals surface area contributed by atoms with Crippen LogP contribution in [0.2, 0.25) is 0 Å². The van der Waals surface area contributed by atoms with Crippen molar-refractivity contribution in [2.45, 2.75) is 25.8 Å². The Labute approximate surface area is 119 Å². The highest BCUT2D eigenvalue weighted by Crippen LogP contribution is 2.22. The van der Waals surface area contributed by atoms with E-state index in [0.29, 0.717) is 17.6 Å². The van der Waals surface area contributed by atoms with E-state index in [1.165, 1.54) is 11.3 Å². The van der Waals surface area contributed by atoms with Gasteiger partial charge < -0.3 is 9.84 Å². The highest BCUT2D eigenvalue weighted by atomic mass is 16.5. The van der Waals surface area contributed by atoms with E-state index >= 15 is 0 Å². The van der Waals surface area contributed by atoms with Gasteiger partial charge in [0.1, 0.15) is 0 Å². The number of rotatable bonds is 3. The van der Waals surface area contributed by atoms with Crippen LogP contribution in [0.25, 0.3) is 11.0 Å². The van der Waals surface area contributed by atoms with Gasteiger partial charge in [-0.15, -0.1) is 0 Å². The van der Waals surface area contributed by atoms with E-state index in [-0.39, 0.29) is 11.7 Å². The second-order valence-corrected chi connectivity index (χ2v) is 5.05. The molecule has 0 radical (unpaired) electrons. The first-order valence-electron chi connectivity index (χ1n) is 6.86. The summed E-state index contributed by atoms with van der Waals surface area (Å²) in [6.07, 6.45) is 4.81. The van der Waals surface area contributed by atoms with E-state index in [4.69, 9.17) is 4.52 Å². The lowest BCUT2D eigenvalue weighted by Crippen LogP contribution is -2.23. The van der Waals surface area contributed by atoms with Crippen LogP contribution in [-0.2, 0) is 19.4 Å². The Morgan fingerprint density at radius 3 is 3.33 bits per heavy atom. The Morgan fingerprint density at radius 1 is 1.43 bits per heavy atom. The van der Waals surface area contributed by atoms with Gasteiger partial charge in [-0.25, -0.2) is 4.98 Å². The molecular weight excluding hydrogens is 270 g/mol. The minimum absolute atomic E-state index is 0.185. The predicted octanol–water partition coefficient (Wildman–Crippen LogP) is 1.36. The van der Waals surface area contributed by atoms with Crippen LogP contribution in [0.1, 0.15) is 33.9 Å². The third-order valence-corrected chi connectivity index (χ3v) is 3.77. The smallest absolute Gasteiger partial charge is 0.290 e. The number of hydrogen-bond acceptors (Lipinski definition) is 5. The van der Waals surface area contributed by atoms with E-state index in [1.807, 2.05) is 0 Å². The van der Waals surface area contributed by atoms with Crippen LogP contribution in [0.4, 0.5) is 0 Å². The van der Waals surface area contributed by atoms with E-state index in [9.17, 15) is 4.79 Å². The average molecular weight is 283 g/mol. The summed E-state index contributed by atoms with van der Waals surface area (Å²) in [7, 11) is 0. The number of H-pyrrole nitrogens is 1. The zero-order valence-electron chi connectivity index (χ0n) is 11.2. The summed E-state index contributed by atoms with van der Waals surface area (Å²) in [5.74, 6) is -0.120. The largest absolute Gasteiger partial charge is 0.348 e. The number of aromatic nitrogens is 4. The van der Waals surface area contributed by atoms with Crippen LogP contribution in [0.3, 0.4) is 0 Å². The van der Waals surface area contributed by atoms with Crippen molar-refractivity contribution >= 4 is 16.9 Å². The molecule has 1 aliphatic carbocycles. The zero-order chi connectivity index (χ0) is 14.2. The predicted molar refractivity (Wildman–Crippen MR) is 73.6 cm³/mol. The average Bonchev–Trinajstić information content (AvgIpc) is 3.20. The first-order valence-corrected chi connectivity index (χ1v) is 6.86. The summed E-state index contributed by atoms with van der Waals surface area (Å²) in [5, 5.41) is 14.5. The van der Waals surface area contributed by atoms with Crippen molar-refractivity contribution in [3.63, 3.8) is 0 Å². The molecule has 7 nitrogen and oxygen atoms in total. The highest BCUT2D eigenvalue weighted by Gasteiger charge is 2.20. The van der Waals surface area contributed by atoms with Crippen LogP contribution in [0.15, 0.2) is 22.9 Å². The van der Waals surface area contributed by atoms with Gasteiger partial charge in [0.25, 0.3) is 5.91 Å². The molecule has 0 fully saturated rings. The van der Waals surface area contributed by atoms with Crippen molar-refractivity contribution in [3.05, 3.63) is 41.0 Å². The van der Waals surface area contributed by atoms with Crippen LogP contribution in [0.5, 0.6) is 0 Å². The topological polar surface area (TPSA) is 96.7 Å². The van der Waals surface area contributed by atoms with Crippen LogP contribution < -0.4 is 5.32 Å². The fourth-order valence-electron chi connectivity index (χ4n) is 2.73. The minimum atomic E-state index is -0.305. The van der Waals surface area contributed by atoms with E-state index in [0.717, 1.165) is 25.0 Å². The van der Waals surface area contributed by atoms with Gasteiger partial charge in [-0.05, 0) is 37.0 Å². The molecule has 21 heavy (non-hydrogen) atoms. The molecule has 4 rings (SSSR count). The number of hydrogen-bond donors (Lipinski definition) is 2. The number of pyridine rings is 1. The van der Waals surface area contributed by atoms with Gasteiger partial charge in [0.15, 0.2) is 0 Å². The fourth-order valence-corrected chi connectivity index (χ4v) is 2.73. The molecule has 3 heterocycles. The molecule has 0 aliphatic heterocycles. The quantitative estimate of drug-likeness (QED) is 0.756. The normalized spacial score (nSPS) is 13.5. The summed E-state index contributed by atoms with van der Waals surface area (Å²) in [5.41, 5.74) is 3.76. The number of nitrogens with one attached hydrogen (secondary N) is 2. The standard InChI is InChI=1S/C14H13N5O2/c20-14(12-9-4-2-6-15-13(9)19-21-12)16-7-11-8-3-1-5-10(8)17-18-11/h2,4,6H,1,3,5,7H2,(H,16,20)(H,17,18). The summed E-state index contributed by atoms with van der Waals surface area (Å²) < 4.78 is 5.09. The molecule has 0 spiro atoms. The maximum atomic E-state index is 12.2. The Bertz CT molecular complexity index is 820. The number of carbonyl (C=O) groups is 1. The lowest BCUT2D eigenvalue weighted by atomic mass is 10.2. The SMILES string of the molecule is O=C(NCc1n[nH]c2c1CCC2)c1onc2ncccc12. The number of amides is 1. The molecule has 3 aromatic heterocycles. The van der Waals surface area contributed by atoms with Crippen molar-refractivity contribution in [3.8, 4) is 0 Å². The molecule has 0 bridgehead atoms. The molecule has 2 N–H and O–H groups in total. The van der Waals surface area contributed by atoms with Gasteiger partial charge in [-0.3, -0.25) is 9.89 Å². The number of fused-ring (bicyclic) bond motifs is 2. The number of carbonyl (C=O) groups excluding carboxylic acids is 1. The Kier molecular flexibility index (Phi) is 2.70. The Balaban J connectivity index is 1.53. The number of aryl methyl sites for hydroxylation is 1. The van der Waals surface area contributed by atoms with Crippen molar-refractivity contribution in [2.75, 3.05) is 0 Å². The molecular formula is C14H13N5O2. The van der Waals surface area contributed by atoms with Crippen LogP contribution in [0, 0.1) is 0 Å². The second kappa shape index (κ2) is 4.69. The van der Waals surface area contributed by atoms with Gasteiger partial charge in [-0.2, -0.15) is 5.10 Å². The molecule has 1 amide bonds. The number of aromatic amines is 1. The molecule has 106 valence electrons. The van der Waals surface area contributed by atoms with Crippen molar-refractivity contribution in [1.82, 2.24) is 25.7 Å². The molecule has 1 aliphatic rings. The van der Waals surface area contributed by atoms with E-state index < -0.39 is 0 Å². The summed E-state index contributed by atoms with van der Waals surface area (Å²) in [4.78, 5) is 16.2. The molecule has 0 atom stereocenters. The van der Waals surface area contributed by atoms with Gasteiger partial charge in [0.05, 0.1) is 17.6 Å². The molecule has 3 aromatic rings. The van der Waals surface area contributed by atoms with Gasteiger partial charge in [0, 0.05) is 11.9 Å². The first-order chi connectivity index (χ1) is 10.3. The lowest BCUT2D eigenvalue weighted by molar-refractivity contribution is 0.0916. The third-order valence-electron chi connectivity index (χ3n) is 3.77. The molecule has 7 heteroatoms. The maximum absolute atomic E-state index is 12.2. The number of nitrogens with zero attached hydrogens (tertiary/aromatic N) is 3. The van der Waals surface area contributed by atoms with Gasteiger partial charge >= 0.3 is 0 Å². The summed E-state index contributed by atoms with van der Waals surface area (Å²) >= 11 is 0. The molecule has 0 unspecified atom stereocenters. The zero-order valence-corrected chi connectivity index (χ0v) is 11.2. The minimum Gasteiger partial charge on any atom is -0.348 e. The first kappa shape index (κ1) is 12.1. The fraction of sp³-hybridized carbons (Fsp3) is 0.286. The highest BCUT2D eigenvalue weighted by molar-refractivity contribution is 6.02. The van der Waals surface area contributed by atoms with Crippen molar-refractivity contribution in [2.24, 2.45) is 0 Å². The van der Waals surface area contributed by atoms with Gasteiger partial charge in [0.2, 0.25) is 11.4 Å². The van der Waals surface area contributed by atoms with Crippen LogP contribution >= 0.6 is 0 Å². The molecule has 0 saturated carbocycles. The van der Waals surface area contributed by atoms with E-state index in [2.05, 4.69) is 25.7 Å². The van der Waals surface area contributed by atoms with Gasteiger partial charge in [-0.1, -0.05) is 5.16 Å². The summed E-state index contributed by atoms with van der Waals surface area (Å²) in [6, 6.07) is 3.51. The maximum Gasteiger partial charge on any atom is 0.290 e. The third kappa shape index (κ3) is 1.97. The second-order valence-electron chi connectivity index (χ2n) is 5.05. The Morgan fingerprint density at radius 2 is 2.38 bits per heavy atom. The van der Waals surface area contributed by atoms with Crippen LogP contribution in [-0.4, -0.2) is 26.2 Å². The Hall–Kier alpha value is -2.70. The monoisotopic (exact) mass is 283 g/mol. The van der Waals surface area contributed by atoms with Crippen molar-refractivity contribution in [1.29, 1.82) is 0 Å². The van der Waals surface area contributed by atoms with E-state index in [1.54, 1.807) is 18.3 Å². The van der Waals surface area contributed by atoms with Crippen molar-refractivity contribution < 1.29 is 9.32 Å². The molecule has 0 saturated heterocycles. The lowest BCUT2D eigenvalue weighted by Gasteiger charge is -2.02. The summed E-state index contributed by atoms with van der Waals surface area (Å²) in [6.45, 7) is 0.382. The molecule has 0 aromatic carbocycles.